The van der Waals surface area contributed by atoms with Crippen molar-refractivity contribution in [2.75, 3.05) is 26.2 Å². The highest BCUT2D eigenvalue weighted by Gasteiger charge is 2.71. The Morgan fingerprint density at radius 3 is 2.00 bits per heavy atom. The number of hydrogen-bond donors (Lipinski definition) is 2. The van der Waals surface area contributed by atoms with Gasteiger partial charge in [0.15, 0.2) is 0 Å². The van der Waals surface area contributed by atoms with Crippen LogP contribution in [0.5, 0.6) is 0 Å². The summed E-state index contributed by atoms with van der Waals surface area (Å²) in [4.78, 5) is 15.4. The summed E-state index contributed by atoms with van der Waals surface area (Å²) in [6.45, 7) is 5.66. The first-order valence-electron chi connectivity index (χ1n) is 9.77. The normalized spacial score (nSPS) is 19.2. The van der Waals surface area contributed by atoms with Crippen LogP contribution >= 0.6 is 0 Å². The van der Waals surface area contributed by atoms with Gasteiger partial charge in [-0.05, 0) is 26.3 Å². The standard InChI is InChI=1S/C20H26F6N2O4/c1-17(2,3)32-16(30)28-9-8-27(15(11-28)12-29)10-13-4-6-14(7-5-13)18(31,19(21,22)23)20(24,25)26/h4-7,15,29,31H,8-12H2,1-3H3/t15-/m1/s1. The number of carbonyl (C=O) groups excluding carboxylic acids is 1. The lowest BCUT2D eigenvalue weighted by Crippen LogP contribution is -2.56. The summed E-state index contributed by atoms with van der Waals surface area (Å²) in [5, 5.41) is 19.2. The molecule has 12 heteroatoms. The van der Waals surface area contributed by atoms with E-state index in [9.17, 15) is 41.4 Å². The van der Waals surface area contributed by atoms with E-state index < -0.39 is 41.3 Å². The highest BCUT2D eigenvalue weighted by molar-refractivity contribution is 5.68. The minimum atomic E-state index is -5.95. The molecule has 6 nitrogen and oxygen atoms in total. The number of halogens is 6. The molecular weight excluding hydrogens is 446 g/mol. The van der Waals surface area contributed by atoms with Gasteiger partial charge in [0.2, 0.25) is 0 Å². The van der Waals surface area contributed by atoms with Crippen LogP contribution in [0, 0.1) is 0 Å². The Balaban J connectivity index is 2.13. The van der Waals surface area contributed by atoms with Crippen molar-refractivity contribution in [3.63, 3.8) is 0 Å². The molecule has 0 unspecified atom stereocenters. The van der Waals surface area contributed by atoms with Gasteiger partial charge in [0.05, 0.1) is 12.6 Å². The third-order valence-corrected chi connectivity index (χ3v) is 5.04. The molecule has 0 aromatic heterocycles. The van der Waals surface area contributed by atoms with E-state index in [1.807, 2.05) is 0 Å². The van der Waals surface area contributed by atoms with Gasteiger partial charge < -0.3 is 19.8 Å². The van der Waals surface area contributed by atoms with Crippen LogP contribution in [0.2, 0.25) is 0 Å². The quantitative estimate of drug-likeness (QED) is 0.658. The van der Waals surface area contributed by atoms with Crippen LogP contribution in [0.4, 0.5) is 31.1 Å². The minimum Gasteiger partial charge on any atom is -0.444 e. The maximum atomic E-state index is 13.0. The molecule has 1 aliphatic heterocycles. The van der Waals surface area contributed by atoms with Crippen LogP contribution in [-0.4, -0.2) is 76.3 Å². The number of hydrogen-bond acceptors (Lipinski definition) is 5. The Hall–Kier alpha value is -2.05. The van der Waals surface area contributed by atoms with E-state index in [4.69, 9.17) is 4.74 Å². The summed E-state index contributed by atoms with van der Waals surface area (Å²) in [7, 11) is 0. The molecule has 1 heterocycles. The molecule has 1 aliphatic rings. The summed E-state index contributed by atoms with van der Waals surface area (Å²) in [5.41, 5.74) is -6.63. The number of rotatable bonds is 4. The van der Waals surface area contributed by atoms with Gasteiger partial charge in [-0.2, -0.15) is 26.3 Å². The van der Waals surface area contributed by atoms with Crippen LogP contribution in [-0.2, 0) is 16.9 Å². The first-order valence-corrected chi connectivity index (χ1v) is 9.77. The monoisotopic (exact) mass is 472 g/mol. The van der Waals surface area contributed by atoms with Crippen molar-refractivity contribution in [2.24, 2.45) is 0 Å². The van der Waals surface area contributed by atoms with Crippen LogP contribution < -0.4 is 0 Å². The molecule has 2 rings (SSSR count). The molecule has 0 saturated carbocycles. The number of piperazine rings is 1. The Labute approximate surface area is 181 Å². The summed E-state index contributed by atoms with van der Waals surface area (Å²) in [5.74, 6) is 0. The van der Waals surface area contributed by atoms with Gasteiger partial charge in [-0.25, -0.2) is 4.79 Å². The number of benzene rings is 1. The van der Waals surface area contributed by atoms with Gasteiger partial charge in [0.25, 0.3) is 5.60 Å². The van der Waals surface area contributed by atoms with Crippen LogP contribution in [0.25, 0.3) is 0 Å². The molecule has 1 saturated heterocycles. The maximum Gasteiger partial charge on any atom is 0.430 e. The zero-order valence-corrected chi connectivity index (χ0v) is 17.8. The molecule has 32 heavy (non-hydrogen) atoms. The maximum absolute atomic E-state index is 13.0. The number of alkyl halides is 6. The first kappa shape index (κ1) is 26.2. The first-order chi connectivity index (χ1) is 14.5. The molecule has 182 valence electrons. The predicted molar refractivity (Wildman–Crippen MR) is 102 cm³/mol. The SMILES string of the molecule is CC(C)(C)OC(=O)N1CCN(Cc2ccc(C(O)(C(F)(F)F)C(F)(F)F)cc2)[C@@H](CO)C1. The second kappa shape index (κ2) is 9.06. The second-order valence-corrected chi connectivity index (χ2v) is 8.64. The van der Waals surface area contributed by atoms with Gasteiger partial charge in [0.1, 0.15) is 5.60 Å². The molecule has 0 radical (unpaired) electrons. The molecule has 1 atom stereocenters. The third-order valence-electron chi connectivity index (χ3n) is 5.04. The van der Waals surface area contributed by atoms with Gasteiger partial charge in [-0.15, -0.1) is 0 Å². The lowest BCUT2D eigenvalue weighted by Gasteiger charge is -2.41. The summed E-state index contributed by atoms with van der Waals surface area (Å²) >= 11 is 0. The van der Waals surface area contributed by atoms with E-state index in [1.54, 1.807) is 25.7 Å². The average molecular weight is 472 g/mol. The number of aliphatic hydroxyl groups is 2. The lowest BCUT2D eigenvalue weighted by molar-refractivity contribution is -0.376. The average Bonchev–Trinajstić information content (AvgIpc) is 2.65. The second-order valence-electron chi connectivity index (χ2n) is 8.64. The Kier molecular flexibility index (Phi) is 7.42. The van der Waals surface area contributed by atoms with E-state index in [1.165, 1.54) is 4.90 Å². The van der Waals surface area contributed by atoms with Crippen LogP contribution in [0.1, 0.15) is 31.9 Å². The molecule has 1 aromatic carbocycles. The fourth-order valence-corrected chi connectivity index (χ4v) is 3.34. The zero-order chi connectivity index (χ0) is 24.5. The van der Waals surface area contributed by atoms with E-state index in [0.717, 1.165) is 12.1 Å². The molecule has 1 amide bonds. The zero-order valence-electron chi connectivity index (χ0n) is 17.8. The largest absolute Gasteiger partial charge is 0.444 e. The van der Waals surface area contributed by atoms with Gasteiger partial charge >= 0.3 is 18.4 Å². The highest BCUT2D eigenvalue weighted by Crippen LogP contribution is 2.49. The van der Waals surface area contributed by atoms with Crippen molar-refractivity contribution in [3.05, 3.63) is 35.4 Å². The molecule has 0 bridgehead atoms. The van der Waals surface area contributed by atoms with E-state index in [2.05, 4.69) is 0 Å². The fourth-order valence-electron chi connectivity index (χ4n) is 3.34. The molecule has 0 aliphatic carbocycles. The van der Waals surface area contributed by atoms with E-state index in [0.29, 0.717) is 24.2 Å². The van der Waals surface area contributed by atoms with Gasteiger partial charge in [-0.1, -0.05) is 24.3 Å². The number of ether oxygens (including phenoxy) is 1. The summed E-state index contributed by atoms with van der Waals surface area (Å²) in [6, 6.07) is 2.79. The Morgan fingerprint density at radius 1 is 1.03 bits per heavy atom. The minimum absolute atomic E-state index is 0.115. The Bertz CT molecular complexity index is 775. The topological polar surface area (TPSA) is 73.2 Å². The highest BCUT2D eigenvalue weighted by atomic mass is 19.4. The number of amides is 1. The van der Waals surface area contributed by atoms with Crippen molar-refractivity contribution in [1.82, 2.24) is 9.80 Å². The summed E-state index contributed by atoms with van der Waals surface area (Å²) < 4.78 is 83.4. The number of aliphatic hydroxyl groups excluding tert-OH is 1. The van der Waals surface area contributed by atoms with E-state index in [-0.39, 0.29) is 26.2 Å². The van der Waals surface area contributed by atoms with Crippen LogP contribution in [0.15, 0.2) is 24.3 Å². The fraction of sp³-hybridized carbons (Fsp3) is 0.650. The summed E-state index contributed by atoms with van der Waals surface area (Å²) in [6.07, 6.45) is -12.4. The van der Waals surface area contributed by atoms with Crippen molar-refractivity contribution in [1.29, 1.82) is 0 Å². The molecule has 2 N–H and O–H groups in total. The van der Waals surface area contributed by atoms with E-state index >= 15 is 0 Å². The van der Waals surface area contributed by atoms with Gasteiger partial charge in [0, 0.05) is 31.7 Å². The van der Waals surface area contributed by atoms with Crippen molar-refractivity contribution >= 4 is 6.09 Å². The van der Waals surface area contributed by atoms with Gasteiger partial charge in [-0.3, -0.25) is 4.90 Å². The number of nitrogens with zero attached hydrogens (tertiary/aromatic N) is 2. The molecule has 1 fully saturated rings. The molecule has 0 spiro atoms. The van der Waals surface area contributed by atoms with Crippen LogP contribution in [0.3, 0.4) is 0 Å². The van der Waals surface area contributed by atoms with Crippen molar-refractivity contribution in [3.8, 4) is 0 Å². The number of carbonyl (C=O) groups is 1. The molecule has 1 aromatic rings. The lowest BCUT2D eigenvalue weighted by atomic mass is 9.91. The predicted octanol–water partition coefficient (Wildman–Crippen LogP) is 3.41. The van der Waals surface area contributed by atoms with Crippen molar-refractivity contribution in [2.45, 2.75) is 56.9 Å². The Morgan fingerprint density at radius 2 is 1.56 bits per heavy atom. The molecular formula is C20H26F6N2O4. The smallest absolute Gasteiger partial charge is 0.430 e. The third kappa shape index (κ3) is 5.65. The van der Waals surface area contributed by atoms with Crippen molar-refractivity contribution < 1.29 is 46.1 Å².